The highest BCUT2D eigenvalue weighted by atomic mass is 16.5. The van der Waals surface area contributed by atoms with Crippen LogP contribution in [-0.4, -0.2) is 29.4 Å². The Morgan fingerprint density at radius 1 is 1.71 bits per heavy atom. The molecule has 0 bridgehead atoms. The van der Waals surface area contributed by atoms with Crippen LogP contribution >= 0.6 is 0 Å². The lowest BCUT2D eigenvalue weighted by Gasteiger charge is -2.24. The SMILES string of the molecule is C=CC(=O)N1CCCC1c1ncccc1OC. The second kappa shape index (κ2) is 4.99. The third kappa shape index (κ3) is 2.16. The van der Waals surface area contributed by atoms with Crippen LogP contribution in [0.3, 0.4) is 0 Å². The Kier molecular flexibility index (Phi) is 3.42. The fraction of sp³-hybridized carbons (Fsp3) is 0.385. The summed E-state index contributed by atoms with van der Waals surface area (Å²) >= 11 is 0. The van der Waals surface area contributed by atoms with Crippen molar-refractivity contribution in [3.05, 3.63) is 36.7 Å². The van der Waals surface area contributed by atoms with Crippen LogP contribution in [0.25, 0.3) is 0 Å². The first kappa shape index (κ1) is 11.6. The molecule has 1 fully saturated rings. The Morgan fingerprint density at radius 3 is 3.24 bits per heavy atom. The van der Waals surface area contributed by atoms with Crippen LogP contribution in [0.4, 0.5) is 0 Å². The number of hydrogen-bond donors (Lipinski definition) is 0. The van der Waals surface area contributed by atoms with Gasteiger partial charge in [0.2, 0.25) is 5.91 Å². The smallest absolute Gasteiger partial charge is 0.246 e. The molecule has 4 heteroatoms. The van der Waals surface area contributed by atoms with Gasteiger partial charge in [-0.1, -0.05) is 6.58 Å². The van der Waals surface area contributed by atoms with E-state index in [1.54, 1.807) is 18.2 Å². The zero-order valence-electron chi connectivity index (χ0n) is 9.93. The molecule has 0 aliphatic carbocycles. The number of carbonyl (C=O) groups excluding carboxylic acids is 1. The van der Waals surface area contributed by atoms with Crippen LogP contribution in [0.1, 0.15) is 24.6 Å². The summed E-state index contributed by atoms with van der Waals surface area (Å²) in [5.74, 6) is 0.696. The number of rotatable bonds is 3. The number of hydrogen-bond acceptors (Lipinski definition) is 3. The molecule has 0 saturated carbocycles. The maximum absolute atomic E-state index is 11.7. The van der Waals surface area contributed by atoms with Crippen molar-refractivity contribution in [2.45, 2.75) is 18.9 Å². The van der Waals surface area contributed by atoms with E-state index >= 15 is 0 Å². The lowest BCUT2D eigenvalue weighted by molar-refractivity contribution is -0.126. The second-order valence-corrected chi connectivity index (χ2v) is 3.98. The van der Waals surface area contributed by atoms with E-state index in [1.807, 2.05) is 12.1 Å². The minimum Gasteiger partial charge on any atom is -0.495 e. The molecule has 1 atom stereocenters. The van der Waals surface area contributed by atoms with Gasteiger partial charge in [0.25, 0.3) is 0 Å². The van der Waals surface area contributed by atoms with E-state index in [2.05, 4.69) is 11.6 Å². The predicted molar refractivity (Wildman–Crippen MR) is 64.7 cm³/mol. The van der Waals surface area contributed by atoms with Crippen LogP contribution < -0.4 is 4.74 Å². The van der Waals surface area contributed by atoms with Gasteiger partial charge in [0.1, 0.15) is 11.4 Å². The minimum atomic E-state index is -0.0415. The molecule has 0 N–H and O–H groups in total. The van der Waals surface area contributed by atoms with Crippen LogP contribution in [0, 0.1) is 0 Å². The van der Waals surface area contributed by atoms with Gasteiger partial charge in [-0.25, -0.2) is 0 Å². The molecular formula is C13H16N2O2. The van der Waals surface area contributed by atoms with Crippen LogP contribution in [0.15, 0.2) is 31.0 Å². The molecule has 17 heavy (non-hydrogen) atoms. The van der Waals surface area contributed by atoms with Gasteiger partial charge in [0, 0.05) is 12.7 Å². The van der Waals surface area contributed by atoms with Gasteiger partial charge in [-0.2, -0.15) is 0 Å². The van der Waals surface area contributed by atoms with E-state index < -0.39 is 0 Å². The number of ether oxygens (including phenoxy) is 1. The summed E-state index contributed by atoms with van der Waals surface area (Å²) in [4.78, 5) is 17.9. The van der Waals surface area contributed by atoms with E-state index in [0.29, 0.717) is 0 Å². The first-order chi connectivity index (χ1) is 8.27. The van der Waals surface area contributed by atoms with E-state index in [-0.39, 0.29) is 11.9 Å². The number of amides is 1. The average molecular weight is 232 g/mol. The largest absolute Gasteiger partial charge is 0.495 e. The van der Waals surface area contributed by atoms with Crippen LogP contribution in [0.2, 0.25) is 0 Å². The average Bonchev–Trinajstić information content (AvgIpc) is 2.86. The van der Waals surface area contributed by atoms with Crippen molar-refractivity contribution in [1.82, 2.24) is 9.88 Å². The van der Waals surface area contributed by atoms with Crippen molar-refractivity contribution in [1.29, 1.82) is 0 Å². The molecule has 1 aliphatic rings. The first-order valence-corrected chi connectivity index (χ1v) is 5.70. The summed E-state index contributed by atoms with van der Waals surface area (Å²) in [5, 5.41) is 0. The summed E-state index contributed by atoms with van der Waals surface area (Å²) in [7, 11) is 1.62. The lowest BCUT2D eigenvalue weighted by atomic mass is 10.1. The molecule has 2 rings (SSSR count). The van der Waals surface area contributed by atoms with Crippen LogP contribution in [0.5, 0.6) is 5.75 Å². The second-order valence-electron chi connectivity index (χ2n) is 3.98. The zero-order chi connectivity index (χ0) is 12.3. The van der Waals surface area contributed by atoms with Gasteiger partial charge in [-0.3, -0.25) is 9.78 Å². The van der Waals surface area contributed by atoms with E-state index in [9.17, 15) is 4.79 Å². The highest BCUT2D eigenvalue weighted by Crippen LogP contribution is 2.35. The quantitative estimate of drug-likeness (QED) is 0.748. The summed E-state index contributed by atoms with van der Waals surface area (Å²) in [5.41, 5.74) is 0.836. The van der Waals surface area contributed by atoms with E-state index in [4.69, 9.17) is 4.74 Å². The molecule has 1 aliphatic heterocycles. The number of likely N-dealkylation sites (tertiary alicyclic amines) is 1. The molecule has 0 radical (unpaired) electrons. The lowest BCUT2D eigenvalue weighted by Crippen LogP contribution is -2.29. The Bertz CT molecular complexity index is 431. The molecule has 0 spiro atoms. The fourth-order valence-corrected chi connectivity index (χ4v) is 2.26. The van der Waals surface area contributed by atoms with Crippen molar-refractivity contribution in [2.24, 2.45) is 0 Å². The standard InChI is InChI=1S/C13H16N2O2/c1-3-12(16)15-9-5-6-10(15)13-11(17-2)7-4-8-14-13/h3-4,7-8,10H,1,5-6,9H2,2H3. The molecule has 1 saturated heterocycles. The van der Waals surface area contributed by atoms with Gasteiger partial charge < -0.3 is 9.64 Å². The van der Waals surface area contributed by atoms with Crippen molar-refractivity contribution in [3.8, 4) is 5.75 Å². The predicted octanol–water partition coefficient (Wildman–Crippen LogP) is 1.94. The van der Waals surface area contributed by atoms with Gasteiger partial charge in [0.15, 0.2) is 0 Å². The minimum absolute atomic E-state index is 0.0108. The molecule has 2 heterocycles. The van der Waals surface area contributed by atoms with Crippen molar-refractivity contribution in [3.63, 3.8) is 0 Å². The number of methoxy groups -OCH3 is 1. The monoisotopic (exact) mass is 232 g/mol. The number of pyridine rings is 1. The number of nitrogens with zero attached hydrogens (tertiary/aromatic N) is 2. The molecule has 1 amide bonds. The van der Waals surface area contributed by atoms with E-state index in [1.165, 1.54) is 6.08 Å². The Balaban J connectivity index is 2.32. The highest BCUT2D eigenvalue weighted by molar-refractivity contribution is 5.87. The van der Waals surface area contributed by atoms with Gasteiger partial charge in [-0.15, -0.1) is 0 Å². The Labute approximate surface area is 101 Å². The maximum atomic E-state index is 11.7. The number of carbonyl (C=O) groups is 1. The Hall–Kier alpha value is -1.84. The van der Waals surface area contributed by atoms with Gasteiger partial charge in [-0.05, 0) is 31.1 Å². The van der Waals surface area contributed by atoms with Crippen molar-refractivity contribution >= 4 is 5.91 Å². The summed E-state index contributed by atoms with van der Waals surface area (Å²) < 4.78 is 5.29. The normalized spacial score (nSPS) is 19.1. The highest BCUT2D eigenvalue weighted by Gasteiger charge is 2.31. The van der Waals surface area contributed by atoms with Crippen molar-refractivity contribution in [2.75, 3.05) is 13.7 Å². The third-order valence-corrected chi connectivity index (χ3v) is 3.05. The molecule has 1 aromatic rings. The molecule has 1 aromatic heterocycles. The van der Waals surface area contributed by atoms with E-state index in [0.717, 1.165) is 30.8 Å². The van der Waals surface area contributed by atoms with Gasteiger partial charge >= 0.3 is 0 Å². The summed E-state index contributed by atoms with van der Waals surface area (Å²) in [6.45, 7) is 4.29. The molecule has 1 unspecified atom stereocenters. The number of aromatic nitrogens is 1. The fourth-order valence-electron chi connectivity index (χ4n) is 2.26. The summed E-state index contributed by atoms with van der Waals surface area (Å²) in [6.07, 6.45) is 5.00. The van der Waals surface area contributed by atoms with Crippen molar-refractivity contribution < 1.29 is 9.53 Å². The molecule has 4 nitrogen and oxygen atoms in total. The molecular weight excluding hydrogens is 216 g/mol. The summed E-state index contributed by atoms with van der Waals surface area (Å²) in [6, 6.07) is 3.71. The molecule has 0 aromatic carbocycles. The third-order valence-electron chi connectivity index (χ3n) is 3.05. The Morgan fingerprint density at radius 2 is 2.53 bits per heavy atom. The zero-order valence-corrected chi connectivity index (χ0v) is 9.93. The topological polar surface area (TPSA) is 42.4 Å². The maximum Gasteiger partial charge on any atom is 0.246 e. The van der Waals surface area contributed by atoms with Crippen LogP contribution in [-0.2, 0) is 4.79 Å². The molecule has 90 valence electrons. The first-order valence-electron chi connectivity index (χ1n) is 5.70. The van der Waals surface area contributed by atoms with Gasteiger partial charge in [0.05, 0.1) is 13.2 Å².